The summed E-state index contributed by atoms with van der Waals surface area (Å²) >= 11 is 0. The summed E-state index contributed by atoms with van der Waals surface area (Å²) in [6, 6.07) is 0. The minimum absolute atomic E-state index is 0.0649. The van der Waals surface area contributed by atoms with Crippen molar-refractivity contribution in [2.75, 3.05) is 13.2 Å². The molecule has 0 aromatic heterocycles. The summed E-state index contributed by atoms with van der Waals surface area (Å²) in [5, 5.41) is 0. The molecular formula is C45H86O6. The van der Waals surface area contributed by atoms with E-state index >= 15 is 0 Å². The summed E-state index contributed by atoms with van der Waals surface area (Å²) in [4.78, 5) is 37.4. The van der Waals surface area contributed by atoms with E-state index in [1.807, 2.05) is 0 Å². The molecule has 0 N–H and O–H groups in total. The van der Waals surface area contributed by atoms with Gasteiger partial charge in [-0.15, -0.1) is 0 Å². The highest BCUT2D eigenvalue weighted by atomic mass is 16.6. The van der Waals surface area contributed by atoms with E-state index in [1.165, 1.54) is 135 Å². The summed E-state index contributed by atoms with van der Waals surface area (Å²) in [7, 11) is 0. The molecule has 0 fully saturated rings. The van der Waals surface area contributed by atoms with E-state index in [2.05, 4.69) is 27.7 Å². The van der Waals surface area contributed by atoms with Gasteiger partial charge in [0.2, 0.25) is 0 Å². The predicted octanol–water partition coefficient (Wildman–Crippen LogP) is 13.9. The minimum Gasteiger partial charge on any atom is -0.462 e. The van der Waals surface area contributed by atoms with Crippen molar-refractivity contribution < 1.29 is 28.6 Å². The van der Waals surface area contributed by atoms with Crippen LogP contribution in [-0.4, -0.2) is 37.2 Å². The first-order valence-electron chi connectivity index (χ1n) is 22.4. The number of rotatable bonds is 40. The van der Waals surface area contributed by atoms with Crippen LogP contribution in [0.4, 0.5) is 0 Å². The van der Waals surface area contributed by atoms with E-state index in [9.17, 15) is 14.4 Å². The molecule has 302 valence electrons. The molecule has 1 unspecified atom stereocenters. The molecule has 0 aromatic carbocycles. The standard InChI is InChI=1S/C45H86O6/c1-5-8-10-12-13-14-22-26-30-34-38-45(48)51-42(39-49-43(46)36-32-27-11-9-6-2)40-50-44(47)37-33-29-25-23-20-18-16-15-17-19-21-24-28-31-35-41(4)7-3/h41-42H,5-40H2,1-4H3/t41?,42-/m0/s1. The maximum Gasteiger partial charge on any atom is 0.306 e. The van der Waals surface area contributed by atoms with Crippen LogP contribution in [0.3, 0.4) is 0 Å². The van der Waals surface area contributed by atoms with Crippen molar-refractivity contribution in [3.8, 4) is 0 Å². The Bertz CT molecular complexity index is 768. The number of esters is 3. The SMILES string of the molecule is CCCCCCCCCCCCC(=O)O[C@@H](COC(=O)CCCCCCC)COC(=O)CCCCCCCCCCCCCCCCC(C)CC. The molecule has 51 heavy (non-hydrogen) atoms. The summed E-state index contributed by atoms with van der Waals surface area (Å²) in [6.45, 7) is 8.95. The molecule has 0 spiro atoms. The molecule has 6 heteroatoms. The number of carbonyl (C=O) groups is 3. The van der Waals surface area contributed by atoms with Gasteiger partial charge in [-0.25, -0.2) is 0 Å². The smallest absolute Gasteiger partial charge is 0.306 e. The summed E-state index contributed by atoms with van der Waals surface area (Å²) in [6.07, 6.45) is 38.3. The van der Waals surface area contributed by atoms with E-state index in [0.29, 0.717) is 19.3 Å². The van der Waals surface area contributed by atoms with Crippen molar-refractivity contribution in [2.45, 2.75) is 252 Å². The number of ether oxygens (including phenoxy) is 3. The van der Waals surface area contributed by atoms with E-state index < -0.39 is 6.10 Å². The van der Waals surface area contributed by atoms with Crippen LogP contribution in [0.2, 0.25) is 0 Å². The van der Waals surface area contributed by atoms with Gasteiger partial charge in [-0.2, -0.15) is 0 Å². The van der Waals surface area contributed by atoms with Gasteiger partial charge in [0.15, 0.2) is 6.10 Å². The molecule has 0 heterocycles. The minimum atomic E-state index is -0.756. The van der Waals surface area contributed by atoms with E-state index in [1.54, 1.807) is 0 Å². The van der Waals surface area contributed by atoms with Gasteiger partial charge < -0.3 is 14.2 Å². The zero-order chi connectivity index (χ0) is 37.5. The van der Waals surface area contributed by atoms with Crippen molar-refractivity contribution in [2.24, 2.45) is 5.92 Å². The predicted molar refractivity (Wildman–Crippen MR) is 215 cm³/mol. The van der Waals surface area contributed by atoms with Gasteiger partial charge in [0.1, 0.15) is 13.2 Å². The van der Waals surface area contributed by atoms with Crippen LogP contribution in [0.25, 0.3) is 0 Å². The molecule has 0 rings (SSSR count). The first-order chi connectivity index (χ1) is 24.9. The number of hydrogen-bond donors (Lipinski definition) is 0. The van der Waals surface area contributed by atoms with E-state index in [0.717, 1.165) is 70.1 Å². The second kappa shape index (κ2) is 39.6. The van der Waals surface area contributed by atoms with Crippen molar-refractivity contribution in [1.82, 2.24) is 0 Å². The number of carbonyl (C=O) groups excluding carboxylic acids is 3. The average molecular weight is 723 g/mol. The molecule has 0 bridgehead atoms. The molecule has 6 nitrogen and oxygen atoms in total. The van der Waals surface area contributed by atoms with E-state index in [-0.39, 0.29) is 31.1 Å². The highest BCUT2D eigenvalue weighted by Crippen LogP contribution is 2.17. The normalized spacial score (nSPS) is 12.5. The first-order valence-corrected chi connectivity index (χ1v) is 22.4. The molecule has 0 aliphatic heterocycles. The Morgan fingerprint density at radius 2 is 0.686 bits per heavy atom. The second-order valence-electron chi connectivity index (χ2n) is 15.6. The third-order valence-electron chi connectivity index (χ3n) is 10.4. The highest BCUT2D eigenvalue weighted by molar-refractivity contribution is 5.71. The van der Waals surface area contributed by atoms with Crippen LogP contribution >= 0.6 is 0 Å². The lowest BCUT2D eigenvalue weighted by Gasteiger charge is -2.18. The monoisotopic (exact) mass is 723 g/mol. The van der Waals surface area contributed by atoms with Crippen molar-refractivity contribution in [1.29, 1.82) is 0 Å². The van der Waals surface area contributed by atoms with Crippen molar-refractivity contribution in [3.05, 3.63) is 0 Å². The lowest BCUT2D eigenvalue weighted by molar-refractivity contribution is -0.167. The third-order valence-corrected chi connectivity index (χ3v) is 10.4. The van der Waals surface area contributed by atoms with Gasteiger partial charge >= 0.3 is 17.9 Å². The molecule has 0 radical (unpaired) electrons. The fourth-order valence-electron chi connectivity index (χ4n) is 6.59. The first kappa shape index (κ1) is 49.4. The Morgan fingerprint density at radius 3 is 1.02 bits per heavy atom. The molecule has 0 aliphatic rings. The molecule has 0 aliphatic carbocycles. The van der Waals surface area contributed by atoms with Gasteiger partial charge in [-0.05, 0) is 25.2 Å². The molecule has 2 atom stereocenters. The Labute approximate surface area is 317 Å². The number of unbranched alkanes of at least 4 members (excludes halogenated alkanes) is 26. The Hall–Kier alpha value is -1.59. The quantitative estimate of drug-likeness (QED) is 0.0356. The largest absolute Gasteiger partial charge is 0.462 e. The van der Waals surface area contributed by atoms with Gasteiger partial charge in [0, 0.05) is 19.3 Å². The molecule has 0 aromatic rings. The zero-order valence-electron chi connectivity index (χ0n) is 34.6. The van der Waals surface area contributed by atoms with Crippen molar-refractivity contribution >= 4 is 17.9 Å². The van der Waals surface area contributed by atoms with Crippen molar-refractivity contribution in [3.63, 3.8) is 0 Å². The second-order valence-corrected chi connectivity index (χ2v) is 15.6. The Morgan fingerprint density at radius 1 is 0.392 bits per heavy atom. The molecule has 0 saturated carbocycles. The Kier molecular flexibility index (Phi) is 38.4. The third kappa shape index (κ3) is 38.0. The van der Waals surface area contributed by atoms with Gasteiger partial charge in [0.05, 0.1) is 0 Å². The van der Waals surface area contributed by atoms with Gasteiger partial charge in [0.25, 0.3) is 0 Å². The molecular weight excluding hydrogens is 636 g/mol. The lowest BCUT2D eigenvalue weighted by Crippen LogP contribution is -2.30. The summed E-state index contributed by atoms with van der Waals surface area (Å²) < 4.78 is 16.6. The van der Waals surface area contributed by atoms with Gasteiger partial charge in [-0.3, -0.25) is 14.4 Å². The fourth-order valence-corrected chi connectivity index (χ4v) is 6.59. The fraction of sp³-hybridized carbons (Fsp3) is 0.933. The van der Waals surface area contributed by atoms with Crippen LogP contribution < -0.4 is 0 Å². The summed E-state index contributed by atoms with van der Waals surface area (Å²) in [5.41, 5.74) is 0. The molecule has 0 saturated heterocycles. The van der Waals surface area contributed by atoms with Crippen LogP contribution in [-0.2, 0) is 28.6 Å². The Balaban J connectivity index is 4.12. The zero-order valence-corrected chi connectivity index (χ0v) is 34.6. The lowest BCUT2D eigenvalue weighted by atomic mass is 9.99. The maximum atomic E-state index is 12.6. The van der Waals surface area contributed by atoms with Gasteiger partial charge in [-0.1, -0.05) is 207 Å². The maximum absolute atomic E-state index is 12.6. The summed E-state index contributed by atoms with van der Waals surface area (Å²) in [5.74, 6) is 0.0250. The van der Waals surface area contributed by atoms with Crippen LogP contribution in [0.1, 0.15) is 246 Å². The topological polar surface area (TPSA) is 78.9 Å². The van der Waals surface area contributed by atoms with Crippen LogP contribution in [0.5, 0.6) is 0 Å². The molecule has 0 amide bonds. The van der Waals surface area contributed by atoms with Crippen LogP contribution in [0.15, 0.2) is 0 Å². The number of hydrogen-bond acceptors (Lipinski definition) is 6. The van der Waals surface area contributed by atoms with E-state index in [4.69, 9.17) is 14.2 Å². The van der Waals surface area contributed by atoms with Crippen LogP contribution in [0, 0.1) is 5.92 Å². The average Bonchev–Trinajstić information content (AvgIpc) is 3.13. The highest BCUT2D eigenvalue weighted by Gasteiger charge is 2.19.